The largest absolute Gasteiger partial charge is 0.341 e. The molecule has 0 saturated carbocycles. The number of rotatable bonds is 4. The van der Waals surface area contributed by atoms with Crippen molar-refractivity contribution in [2.24, 2.45) is 0 Å². The standard InChI is InChI=1S/C17H21ClN4OS2/c18-15-2-1-14(25-15)17-20-12(11-24-17)9-16(23)22-6-3-13(10-22)21-7-4-19-5-8-21/h1-2,11,13,19H,3-10H2. The van der Waals surface area contributed by atoms with Gasteiger partial charge in [-0.05, 0) is 18.6 Å². The van der Waals surface area contributed by atoms with Crippen LogP contribution in [-0.2, 0) is 11.2 Å². The Morgan fingerprint density at radius 3 is 2.92 bits per heavy atom. The van der Waals surface area contributed by atoms with Gasteiger partial charge in [0.2, 0.25) is 5.91 Å². The number of likely N-dealkylation sites (tertiary alicyclic amines) is 1. The van der Waals surface area contributed by atoms with Gasteiger partial charge in [0.1, 0.15) is 5.01 Å². The van der Waals surface area contributed by atoms with E-state index in [1.54, 1.807) is 11.3 Å². The summed E-state index contributed by atoms with van der Waals surface area (Å²) < 4.78 is 0.763. The third-order valence-electron chi connectivity index (χ3n) is 4.85. The first kappa shape index (κ1) is 17.4. The molecule has 5 nitrogen and oxygen atoms in total. The van der Waals surface area contributed by atoms with Gasteiger partial charge in [-0.2, -0.15) is 0 Å². The van der Waals surface area contributed by atoms with Crippen molar-refractivity contribution in [1.82, 2.24) is 20.1 Å². The summed E-state index contributed by atoms with van der Waals surface area (Å²) in [7, 11) is 0. The number of hydrogen-bond acceptors (Lipinski definition) is 6. The minimum atomic E-state index is 0.193. The predicted molar refractivity (Wildman–Crippen MR) is 104 cm³/mol. The summed E-state index contributed by atoms with van der Waals surface area (Å²) in [6, 6.07) is 4.38. The van der Waals surface area contributed by atoms with Crippen molar-refractivity contribution in [2.75, 3.05) is 39.3 Å². The maximum Gasteiger partial charge on any atom is 0.228 e. The lowest BCUT2D eigenvalue weighted by Crippen LogP contribution is -2.49. The number of hydrogen-bond donors (Lipinski definition) is 1. The molecule has 2 aliphatic rings. The fourth-order valence-electron chi connectivity index (χ4n) is 3.51. The number of nitrogens with zero attached hydrogens (tertiary/aromatic N) is 3. The molecule has 2 aliphatic heterocycles. The average molecular weight is 397 g/mol. The van der Waals surface area contributed by atoms with Gasteiger partial charge in [-0.3, -0.25) is 9.69 Å². The van der Waals surface area contributed by atoms with E-state index in [4.69, 9.17) is 11.6 Å². The number of nitrogens with one attached hydrogen (secondary N) is 1. The monoisotopic (exact) mass is 396 g/mol. The van der Waals surface area contributed by atoms with Gasteiger partial charge in [0.05, 0.1) is 21.3 Å². The van der Waals surface area contributed by atoms with Gasteiger partial charge in [0.15, 0.2) is 0 Å². The van der Waals surface area contributed by atoms with Gasteiger partial charge >= 0.3 is 0 Å². The van der Waals surface area contributed by atoms with Crippen LogP contribution < -0.4 is 5.32 Å². The number of piperazine rings is 1. The second-order valence-electron chi connectivity index (χ2n) is 6.49. The van der Waals surface area contributed by atoms with Gasteiger partial charge in [-0.15, -0.1) is 22.7 Å². The Morgan fingerprint density at radius 1 is 1.32 bits per heavy atom. The van der Waals surface area contributed by atoms with E-state index in [1.807, 2.05) is 22.4 Å². The van der Waals surface area contributed by atoms with Crippen LogP contribution in [0.25, 0.3) is 9.88 Å². The molecule has 1 amide bonds. The first-order valence-electron chi connectivity index (χ1n) is 8.62. The molecule has 2 saturated heterocycles. The minimum absolute atomic E-state index is 0.193. The van der Waals surface area contributed by atoms with Gasteiger partial charge in [0, 0.05) is 50.7 Å². The van der Waals surface area contributed by atoms with Gasteiger partial charge < -0.3 is 10.2 Å². The number of thiazole rings is 1. The van der Waals surface area contributed by atoms with E-state index in [2.05, 4.69) is 15.2 Å². The average Bonchev–Trinajstić information content (AvgIpc) is 3.35. The van der Waals surface area contributed by atoms with Crippen molar-refractivity contribution in [3.8, 4) is 9.88 Å². The summed E-state index contributed by atoms with van der Waals surface area (Å²) in [5.41, 5.74) is 0.861. The summed E-state index contributed by atoms with van der Waals surface area (Å²) in [5, 5.41) is 6.32. The van der Waals surface area contributed by atoms with E-state index >= 15 is 0 Å². The molecule has 8 heteroatoms. The second kappa shape index (κ2) is 7.72. The molecule has 2 aromatic heterocycles. The SMILES string of the molecule is O=C(Cc1csc(-c2ccc(Cl)s2)n1)N1CCC(N2CCNCC2)C1. The van der Waals surface area contributed by atoms with E-state index in [0.29, 0.717) is 12.5 Å². The lowest BCUT2D eigenvalue weighted by atomic mass is 10.2. The highest BCUT2D eigenvalue weighted by Gasteiger charge is 2.31. The van der Waals surface area contributed by atoms with Crippen molar-refractivity contribution < 1.29 is 4.79 Å². The molecule has 134 valence electrons. The molecule has 0 spiro atoms. The Kier molecular flexibility index (Phi) is 5.38. The van der Waals surface area contributed by atoms with Crippen LogP contribution in [0, 0.1) is 0 Å². The van der Waals surface area contributed by atoms with Crippen LogP contribution in [0.1, 0.15) is 12.1 Å². The molecule has 1 atom stereocenters. The molecule has 1 N–H and O–H groups in total. The zero-order valence-corrected chi connectivity index (χ0v) is 16.3. The van der Waals surface area contributed by atoms with Crippen LogP contribution in [0.4, 0.5) is 0 Å². The quantitative estimate of drug-likeness (QED) is 0.862. The van der Waals surface area contributed by atoms with E-state index in [-0.39, 0.29) is 5.91 Å². The van der Waals surface area contributed by atoms with Crippen LogP contribution in [0.5, 0.6) is 0 Å². The maximum atomic E-state index is 12.6. The van der Waals surface area contributed by atoms with Crippen molar-refractivity contribution >= 4 is 40.2 Å². The Hall–Kier alpha value is -0.990. The zero-order chi connectivity index (χ0) is 17.2. The normalized spacial score (nSPS) is 21.8. The van der Waals surface area contributed by atoms with Crippen molar-refractivity contribution in [3.63, 3.8) is 0 Å². The van der Waals surface area contributed by atoms with E-state index in [0.717, 1.165) is 65.6 Å². The van der Waals surface area contributed by atoms with Gasteiger partial charge in [-0.1, -0.05) is 11.6 Å². The molecular weight excluding hydrogens is 376 g/mol. The Morgan fingerprint density at radius 2 is 2.16 bits per heavy atom. The first-order chi connectivity index (χ1) is 12.2. The summed E-state index contributed by atoms with van der Waals surface area (Å²) in [4.78, 5) is 22.8. The predicted octanol–water partition coefficient (Wildman–Crippen LogP) is 2.57. The van der Waals surface area contributed by atoms with Crippen LogP contribution in [0.15, 0.2) is 17.5 Å². The molecule has 0 radical (unpaired) electrons. The molecule has 4 heterocycles. The first-order valence-corrected chi connectivity index (χ1v) is 10.7. The molecule has 2 aromatic rings. The molecule has 2 fully saturated rings. The smallest absolute Gasteiger partial charge is 0.228 e. The topological polar surface area (TPSA) is 48.5 Å². The molecule has 0 bridgehead atoms. The number of carbonyl (C=O) groups is 1. The third kappa shape index (κ3) is 4.06. The van der Waals surface area contributed by atoms with Gasteiger partial charge in [-0.25, -0.2) is 4.98 Å². The number of amides is 1. The van der Waals surface area contributed by atoms with Gasteiger partial charge in [0.25, 0.3) is 0 Å². The van der Waals surface area contributed by atoms with E-state index < -0.39 is 0 Å². The summed E-state index contributed by atoms with van der Waals surface area (Å²) in [5.74, 6) is 0.193. The summed E-state index contributed by atoms with van der Waals surface area (Å²) >= 11 is 9.09. The summed E-state index contributed by atoms with van der Waals surface area (Å²) in [6.45, 7) is 6.01. The highest BCUT2D eigenvalue weighted by molar-refractivity contribution is 7.23. The van der Waals surface area contributed by atoms with Crippen molar-refractivity contribution in [3.05, 3.63) is 27.5 Å². The van der Waals surface area contributed by atoms with Crippen molar-refractivity contribution in [1.29, 1.82) is 0 Å². The maximum absolute atomic E-state index is 12.6. The molecule has 1 unspecified atom stereocenters. The molecule has 0 aliphatic carbocycles. The number of thiophene rings is 1. The highest BCUT2D eigenvalue weighted by atomic mass is 35.5. The summed E-state index contributed by atoms with van der Waals surface area (Å²) in [6.07, 6.45) is 1.48. The van der Waals surface area contributed by atoms with Crippen LogP contribution in [0.2, 0.25) is 4.34 Å². The Balaban J connectivity index is 1.34. The molecule has 25 heavy (non-hydrogen) atoms. The minimum Gasteiger partial charge on any atom is -0.341 e. The van der Waals surface area contributed by atoms with E-state index in [9.17, 15) is 4.79 Å². The Bertz CT molecular complexity index is 741. The molecule has 0 aromatic carbocycles. The molecular formula is C17H21ClN4OS2. The Labute approximate surface area is 160 Å². The fraction of sp³-hybridized carbons (Fsp3) is 0.529. The van der Waals surface area contributed by atoms with Crippen LogP contribution >= 0.6 is 34.3 Å². The van der Waals surface area contributed by atoms with Crippen LogP contribution in [0.3, 0.4) is 0 Å². The van der Waals surface area contributed by atoms with Crippen molar-refractivity contribution in [2.45, 2.75) is 18.9 Å². The third-order valence-corrected chi connectivity index (χ3v) is 7.14. The highest BCUT2D eigenvalue weighted by Crippen LogP contribution is 2.33. The lowest BCUT2D eigenvalue weighted by molar-refractivity contribution is -0.129. The number of aromatic nitrogens is 1. The number of halogens is 1. The molecule has 4 rings (SSSR count). The number of carbonyl (C=O) groups excluding carboxylic acids is 1. The van der Waals surface area contributed by atoms with E-state index in [1.165, 1.54) is 11.3 Å². The second-order valence-corrected chi connectivity index (χ2v) is 9.07. The fourth-order valence-corrected chi connectivity index (χ4v) is 5.45. The zero-order valence-electron chi connectivity index (χ0n) is 13.9. The lowest BCUT2D eigenvalue weighted by Gasteiger charge is -2.32. The van der Waals surface area contributed by atoms with Crippen LogP contribution in [-0.4, -0.2) is 66.0 Å².